The molecule has 0 aromatic carbocycles. The average molecular weight is 223 g/mol. The van der Waals surface area contributed by atoms with E-state index in [4.69, 9.17) is 5.26 Å². The minimum atomic E-state index is -0.724. The summed E-state index contributed by atoms with van der Waals surface area (Å²) in [5.74, 6) is 0.117. The van der Waals surface area contributed by atoms with Crippen LogP contribution in [0.1, 0.15) is 33.1 Å². The molecule has 1 fully saturated rings. The van der Waals surface area contributed by atoms with E-state index in [1.54, 1.807) is 25.8 Å². The summed E-state index contributed by atoms with van der Waals surface area (Å²) in [5.41, 5.74) is -0.724. The largest absolute Gasteiger partial charge is 0.327 e. The van der Waals surface area contributed by atoms with Crippen LogP contribution in [-0.2, 0) is 4.79 Å². The topological polar surface area (TPSA) is 56.1 Å². The molecule has 1 aliphatic carbocycles. The monoisotopic (exact) mass is 223 g/mol. The Hall–Kier alpha value is -1.08. The van der Waals surface area contributed by atoms with Crippen LogP contribution in [0.3, 0.4) is 0 Å². The molecule has 0 aromatic heterocycles. The van der Waals surface area contributed by atoms with Gasteiger partial charge in [0.05, 0.1) is 12.0 Å². The first kappa shape index (κ1) is 13.0. The van der Waals surface area contributed by atoms with Crippen molar-refractivity contribution in [3.63, 3.8) is 0 Å². The molecule has 1 amide bonds. The number of hydrogen-bond donors (Lipinski definition) is 1. The molecule has 4 nitrogen and oxygen atoms in total. The Balaban J connectivity index is 2.75. The number of rotatable bonds is 3. The van der Waals surface area contributed by atoms with Crippen LogP contribution in [0.2, 0.25) is 0 Å². The second-order valence-electron chi connectivity index (χ2n) is 5.00. The highest BCUT2D eigenvalue weighted by Crippen LogP contribution is 2.28. The minimum Gasteiger partial charge on any atom is -0.327 e. The van der Waals surface area contributed by atoms with Crippen LogP contribution >= 0.6 is 0 Å². The summed E-state index contributed by atoms with van der Waals surface area (Å²) in [6.45, 7) is 3.54. The fraction of sp³-hybridized carbons (Fsp3) is 0.833. The van der Waals surface area contributed by atoms with Crippen molar-refractivity contribution in [2.24, 2.45) is 5.92 Å². The Morgan fingerprint density at radius 2 is 2.12 bits per heavy atom. The van der Waals surface area contributed by atoms with E-state index in [0.29, 0.717) is 0 Å². The smallest absolute Gasteiger partial charge is 0.228 e. The van der Waals surface area contributed by atoms with Crippen molar-refractivity contribution in [2.45, 2.75) is 44.7 Å². The van der Waals surface area contributed by atoms with E-state index in [1.807, 2.05) is 7.05 Å². The van der Waals surface area contributed by atoms with Crippen molar-refractivity contribution >= 4 is 5.91 Å². The first-order valence-corrected chi connectivity index (χ1v) is 5.80. The molecule has 2 atom stereocenters. The Morgan fingerprint density at radius 3 is 2.62 bits per heavy atom. The Labute approximate surface area is 97.6 Å². The number of carbonyl (C=O) groups excluding carboxylic acids is 1. The summed E-state index contributed by atoms with van der Waals surface area (Å²) in [6, 6.07) is 2.43. The number of carbonyl (C=O) groups is 1. The Morgan fingerprint density at radius 1 is 1.50 bits per heavy atom. The quantitative estimate of drug-likeness (QED) is 0.780. The van der Waals surface area contributed by atoms with Gasteiger partial charge >= 0.3 is 0 Å². The molecular weight excluding hydrogens is 202 g/mol. The second kappa shape index (κ2) is 4.84. The zero-order valence-electron chi connectivity index (χ0n) is 10.6. The van der Waals surface area contributed by atoms with Gasteiger partial charge in [0.15, 0.2) is 0 Å². The summed E-state index contributed by atoms with van der Waals surface area (Å²) < 4.78 is 0. The van der Waals surface area contributed by atoms with Crippen molar-refractivity contribution in [2.75, 3.05) is 14.1 Å². The summed E-state index contributed by atoms with van der Waals surface area (Å²) in [7, 11) is 3.61. The molecule has 90 valence electrons. The molecule has 0 spiro atoms. The van der Waals surface area contributed by atoms with Gasteiger partial charge in [-0.15, -0.1) is 0 Å². The Kier molecular flexibility index (Phi) is 3.93. The van der Waals surface area contributed by atoms with Crippen LogP contribution in [0.4, 0.5) is 0 Å². The molecule has 4 heteroatoms. The van der Waals surface area contributed by atoms with E-state index >= 15 is 0 Å². The molecule has 1 rings (SSSR count). The van der Waals surface area contributed by atoms with Crippen LogP contribution in [0.15, 0.2) is 0 Å². The molecule has 0 bridgehead atoms. The second-order valence-corrected chi connectivity index (χ2v) is 5.00. The lowest BCUT2D eigenvalue weighted by Crippen LogP contribution is -2.49. The van der Waals surface area contributed by atoms with Gasteiger partial charge in [0.2, 0.25) is 5.91 Å². The number of nitriles is 1. The third kappa shape index (κ3) is 2.35. The van der Waals surface area contributed by atoms with Crippen LogP contribution in [0.25, 0.3) is 0 Å². The lowest BCUT2D eigenvalue weighted by molar-refractivity contribution is -0.137. The van der Waals surface area contributed by atoms with E-state index in [1.165, 1.54) is 0 Å². The summed E-state index contributed by atoms with van der Waals surface area (Å²) >= 11 is 0. The highest BCUT2D eigenvalue weighted by molar-refractivity contribution is 5.80. The van der Waals surface area contributed by atoms with Crippen LogP contribution < -0.4 is 5.32 Å². The molecule has 0 radical (unpaired) electrons. The fourth-order valence-corrected chi connectivity index (χ4v) is 2.20. The molecule has 1 N–H and O–H groups in total. The summed E-state index contributed by atoms with van der Waals surface area (Å²) in [4.78, 5) is 13.8. The van der Waals surface area contributed by atoms with Crippen LogP contribution in [0.5, 0.6) is 0 Å². The Bertz CT molecular complexity index is 306. The van der Waals surface area contributed by atoms with E-state index in [9.17, 15) is 4.79 Å². The van der Waals surface area contributed by atoms with E-state index in [-0.39, 0.29) is 17.9 Å². The predicted molar refractivity (Wildman–Crippen MR) is 62.7 cm³/mol. The van der Waals surface area contributed by atoms with Crippen molar-refractivity contribution < 1.29 is 4.79 Å². The standard InChI is InChI=1S/C12H21N3O/c1-12(2,8-13)15(4)11(16)9-6-5-7-10(9)14-3/h9-10,14H,5-7H2,1-4H3/t9-,10?/m1/s1. The van der Waals surface area contributed by atoms with Crippen LogP contribution in [0, 0.1) is 17.2 Å². The minimum absolute atomic E-state index is 0.0302. The highest BCUT2D eigenvalue weighted by atomic mass is 16.2. The van der Waals surface area contributed by atoms with Gasteiger partial charge < -0.3 is 10.2 Å². The lowest BCUT2D eigenvalue weighted by atomic mass is 9.98. The molecule has 16 heavy (non-hydrogen) atoms. The molecule has 0 aromatic rings. The van der Waals surface area contributed by atoms with Crippen molar-refractivity contribution in [1.82, 2.24) is 10.2 Å². The first-order chi connectivity index (χ1) is 7.44. The summed E-state index contributed by atoms with van der Waals surface area (Å²) in [6.07, 6.45) is 3.06. The van der Waals surface area contributed by atoms with Crippen molar-refractivity contribution in [3.8, 4) is 6.07 Å². The molecule has 0 heterocycles. The van der Waals surface area contributed by atoms with Crippen molar-refractivity contribution in [1.29, 1.82) is 5.26 Å². The maximum absolute atomic E-state index is 12.3. The zero-order valence-corrected chi connectivity index (χ0v) is 10.6. The number of amides is 1. The molecule has 1 saturated carbocycles. The van der Waals surface area contributed by atoms with Gasteiger partial charge in [-0.2, -0.15) is 5.26 Å². The molecule has 1 unspecified atom stereocenters. The van der Waals surface area contributed by atoms with Gasteiger partial charge in [0.25, 0.3) is 0 Å². The highest BCUT2D eigenvalue weighted by Gasteiger charge is 2.37. The number of hydrogen-bond acceptors (Lipinski definition) is 3. The fourth-order valence-electron chi connectivity index (χ4n) is 2.20. The molecule has 0 saturated heterocycles. The molecule has 1 aliphatic rings. The maximum Gasteiger partial charge on any atom is 0.228 e. The normalized spacial score (nSPS) is 25.2. The zero-order chi connectivity index (χ0) is 12.3. The van der Waals surface area contributed by atoms with E-state index < -0.39 is 5.54 Å². The van der Waals surface area contributed by atoms with Gasteiger partial charge in [0, 0.05) is 13.1 Å². The van der Waals surface area contributed by atoms with Crippen molar-refractivity contribution in [3.05, 3.63) is 0 Å². The third-order valence-corrected chi connectivity index (χ3v) is 3.65. The average Bonchev–Trinajstić information content (AvgIpc) is 2.74. The number of nitrogens with one attached hydrogen (secondary N) is 1. The van der Waals surface area contributed by atoms with Crippen LogP contribution in [-0.4, -0.2) is 36.5 Å². The van der Waals surface area contributed by atoms with Gasteiger partial charge in [-0.05, 0) is 33.7 Å². The van der Waals surface area contributed by atoms with Gasteiger partial charge in [-0.3, -0.25) is 4.79 Å². The maximum atomic E-state index is 12.3. The first-order valence-electron chi connectivity index (χ1n) is 5.80. The summed E-state index contributed by atoms with van der Waals surface area (Å²) in [5, 5.41) is 12.2. The number of nitrogens with zero attached hydrogens (tertiary/aromatic N) is 2. The van der Waals surface area contributed by atoms with Gasteiger partial charge in [0.1, 0.15) is 5.54 Å². The SMILES string of the molecule is CNC1CCC[C@H]1C(=O)N(C)C(C)(C)C#N. The lowest BCUT2D eigenvalue weighted by Gasteiger charge is -2.33. The third-order valence-electron chi connectivity index (χ3n) is 3.65. The van der Waals surface area contributed by atoms with Gasteiger partial charge in [-0.1, -0.05) is 6.42 Å². The molecular formula is C12H21N3O. The van der Waals surface area contributed by atoms with E-state index in [2.05, 4.69) is 11.4 Å². The van der Waals surface area contributed by atoms with Gasteiger partial charge in [-0.25, -0.2) is 0 Å². The predicted octanol–water partition coefficient (Wildman–Crippen LogP) is 1.14. The molecule has 0 aliphatic heterocycles. The van der Waals surface area contributed by atoms with E-state index in [0.717, 1.165) is 19.3 Å².